The molecule has 3 rings (SSSR count). The number of fused-ring (bicyclic) bond motifs is 1. The highest BCUT2D eigenvalue weighted by Gasteiger charge is 2.34. The van der Waals surface area contributed by atoms with Gasteiger partial charge in [-0.15, -0.1) is 0 Å². The molecule has 3 nitrogen and oxygen atoms in total. The average molecular weight is 269 g/mol. The summed E-state index contributed by atoms with van der Waals surface area (Å²) in [5, 5.41) is 14.8. The Bertz CT molecular complexity index is 630. The Hall–Kier alpha value is -1.87. The molecule has 1 fully saturated rings. The lowest BCUT2D eigenvalue weighted by Crippen LogP contribution is -2.49. The first-order valence-corrected chi connectivity index (χ1v) is 7.15. The summed E-state index contributed by atoms with van der Waals surface area (Å²) in [6.07, 6.45) is 3.86. The zero-order valence-corrected chi connectivity index (χ0v) is 11.4. The maximum Gasteiger partial charge on any atom is 0.251 e. The van der Waals surface area contributed by atoms with Crippen LogP contribution in [0.2, 0.25) is 0 Å². The highest BCUT2D eigenvalue weighted by atomic mass is 16.3. The molecule has 0 heterocycles. The second-order valence-electron chi connectivity index (χ2n) is 5.66. The Labute approximate surface area is 118 Å². The Morgan fingerprint density at radius 2 is 1.80 bits per heavy atom. The molecule has 20 heavy (non-hydrogen) atoms. The fourth-order valence-corrected chi connectivity index (χ4v) is 3.02. The van der Waals surface area contributed by atoms with Crippen molar-refractivity contribution in [1.29, 1.82) is 0 Å². The Balaban J connectivity index is 1.85. The number of nitrogens with one attached hydrogen (secondary N) is 1. The molecule has 2 aromatic carbocycles. The molecule has 0 aromatic heterocycles. The summed E-state index contributed by atoms with van der Waals surface area (Å²) in [4.78, 5) is 12.4. The molecule has 0 bridgehead atoms. The molecule has 0 radical (unpaired) electrons. The number of aliphatic hydroxyl groups excluding tert-OH is 1. The van der Waals surface area contributed by atoms with E-state index in [0.717, 1.165) is 36.5 Å². The predicted octanol–water partition coefficient (Wildman–Crippen LogP) is 2.87. The van der Waals surface area contributed by atoms with Gasteiger partial charge in [0.2, 0.25) is 0 Å². The maximum atomic E-state index is 12.4. The van der Waals surface area contributed by atoms with Gasteiger partial charge in [0.25, 0.3) is 5.91 Å². The number of amides is 1. The molecule has 3 heteroatoms. The standard InChI is InChI=1S/C17H19NO2/c19-12-17(9-3-4-10-17)18-16(20)15-8-7-13-5-1-2-6-14(13)11-15/h1-2,5-8,11,19H,3-4,9-10,12H2,(H,18,20). The van der Waals surface area contributed by atoms with E-state index in [1.807, 2.05) is 42.5 Å². The van der Waals surface area contributed by atoms with Crippen molar-refractivity contribution in [3.8, 4) is 0 Å². The molecule has 0 spiro atoms. The molecule has 2 N–H and O–H groups in total. The van der Waals surface area contributed by atoms with E-state index in [1.54, 1.807) is 0 Å². The lowest BCUT2D eigenvalue weighted by molar-refractivity contribution is 0.0838. The van der Waals surface area contributed by atoms with Gasteiger partial charge in [0.1, 0.15) is 0 Å². The first-order chi connectivity index (χ1) is 9.72. The molecule has 1 aliphatic carbocycles. The summed E-state index contributed by atoms with van der Waals surface area (Å²) < 4.78 is 0. The molecular formula is C17H19NO2. The molecule has 0 unspecified atom stereocenters. The monoisotopic (exact) mass is 269 g/mol. The molecule has 0 saturated heterocycles. The van der Waals surface area contributed by atoms with Crippen LogP contribution in [0.15, 0.2) is 42.5 Å². The second-order valence-corrected chi connectivity index (χ2v) is 5.66. The van der Waals surface area contributed by atoms with E-state index in [1.165, 1.54) is 0 Å². The SMILES string of the molecule is O=C(NC1(CO)CCCC1)c1ccc2ccccc2c1. The van der Waals surface area contributed by atoms with Gasteiger partial charge >= 0.3 is 0 Å². The molecule has 104 valence electrons. The minimum absolute atomic E-state index is 0.0202. The van der Waals surface area contributed by atoms with Crippen LogP contribution in [0, 0.1) is 0 Å². The van der Waals surface area contributed by atoms with E-state index < -0.39 is 5.54 Å². The molecule has 2 aromatic rings. The number of carbonyl (C=O) groups is 1. The first kappa shape index (κ1) is 13.1. The highest BCUT2D eigenvalue weighted by molar-refractivity contribution is 5.98. The fraction of sp³-hybridized carbons (Fsp3) is 0.353. The molecule has 0 aliphatic heterocycles. The third kappa shape index (κ3) is 2.41. The summed E-state index contributed by atoms with van der Waals surface area (Å²) >= 11 is 0. The number of aliphatic hydroxyl groups is 1. The van der Waals surface area contributed by atoms with Crippen molar-refractivity contribution in [3.05, 3.63) is 48.0 Å². The van der Waals surface area contributed by atoms with Gasteiger partial charge in [0.05, 0.1) is 12.1 Å². The summed E-state index contributed by atoms with van der Waals surface area (Å²) in [7, 11) is 0. The van der Waals surface area contributed by atoms with Crippen LogP contribution >= 0.6 is 0 Å². The van der Waals surface area contributed by atoms with E-state index >= 15 is 0 Å². The van der Waals surface area contributed by atoms with Gasteiger partial charge in [-0.25, -0.2) is 0 Å². The van der Waals surface area contributed by atoms with Crippen molar-refractivity contribution in [2.45, 2.75) is 31.2 Å². The third-order valence-electron chi connectivity index (χ3n) is 4.25. The van der Waals surface area contributed by atoms with Crippen LogP contribution in [0.4, 0.5) is 0 Å². The molecular weight excluding hydrogens is 250 g/mol. The zero-order valence-electron chi connectivity index (χ0n) is 11.4. The van der Waals surface area contributed by atoms with Gasteiger partial charge in [0, 0.05) is 5.56 Å². The van der Waals surface area contributed by atoms with Crippen LogP contribution in [0.1, 0.15) is 36.0 Å². The number of benzene rings is 2. The van der Waals surface area contributed by atoms with Crippen LogP contribution in [-0.2, 0) is 0 Å². The van der Waals surface area contributed by atoms with Crippen molar-refractivity contribution >= 4 is 16.7 Å². The van der Waals surface area contributed by atoms with Crippen LogP contribution in [0.5, 0.6) is 0 Å². The smallest absolute Gasteiger partial charge is 0.251 e. The second kappa shape index (κ2) is 5.25. The van der Waals surface area contributed by atoms with Gasteiger partial charge in [0.15, 0.2) is 0 Å². The van der Waals surface area contributed by atoms with Gasteiger partial charge in [-0.1, -0.05) is 43.2 Å². The largest absolute Gasteiger partial charge is 0.394 e. The van der Waals surface area contributed by atoms with E-state index in [4.69, 9.17) is 0 Å². The van der Waals surface area contributed by atoms with Crippen molar-refractivity contribution in [2.75, 3.05) is 6.61 Å². The summed E-state index contributed by atoms with van der Waals surface area (Å²) in [5.74, 6) is -0.0910. The zero-order chi connectivity index (χ0) is 14.0. The van der Waals surface area contributed by atoms with E-state index in [-0.39, 0.29) is 12.5 Å². The molecule has 0 atom stereocenters. The van der Waals surface area contributed by atoms with E-state index in [2.05, 4.69) is 5.32 Å². The van der Waals surface area contributed by atoms with Gasteiger partial charge < -0.3 is 10.4 Å². The summed E-state index contributed by atoms with van der Waals surface area (Å²) in [6.45, 7) is 0.0202. The normalized spacial score (nSPS) is 17.2. The van der Waals surface area contributed by atoms with Crippen LogP contribution in [0.25, 0.3) is 10.8 Å². The van der Waals surface area contributed by atoms with Gasteiger partial charge in [-0.2, -0.15) is 0 Å². The van der Waals surface area contributed by atoms with Crippen molar-refractivity contribution in [2.24, 2.45) is 0 Å². The molecule has 1 amide bonds. The van der Waals surface area contributed by atoms with Gasteiger partial charge in [-0.3, -0.25) is 4.79 Å². The van der Waals surface area contributed by atoms with Crippen LogP contribution in [0.3, 0.4) is 0 Å². The lowest BCUT2D eigenvalue weighted by atomic mass is 9.98. The highest BCUT2D eigenvalue weighted by Crippen LogP contribution is 2.29. The average Bonchev–Trinajstić information content (AvgIpc) is 2.96. The van der Waals surface area contributed by atoms with Crippen LogP contribution in [-0.4, -0.2) is 23.2 Å². The quantitative estimate of drug-likeness (QED) is 0.900. The van der Waals surface area contributed by atoms with E-state index in [9.17, 15) is 9.90 Å². The first-order valence-electron chi connectivity index (χ1n) is 7.15. The number of hydrogen-bond acceptors (Lipinski definition) is 2. The number of carbonyl (C=O) groups excluding carboxylic acids is 1. The summed E-state index contributed by atoms with van der Waals surface area (Å²) in [5.41, 5.74) is 0.242. The lowest BCUT2D eigenvalue weighted by Gasteiger charge is -2.28. The Kier molecular flexibility index (Phi) is 3.45. The van der Waals surface area contributed by atoms with E-state index in [0.29, 0.717) is 5.56 Å². The minimum Gasteiger partial charge on any atom is -0.394 e. The number of rotatable bonds is 3. The Morgan fingerprint density at radius 1 is 1.10 bits per heavy atom. The van der Waals surface area contributed by atoms with Crippen molar-refractivity contribution in [1.82, 2.24) is 5.32 Å². The number of hydrogen-bond donors (Lipinski definition) is 2. The minimum atomic E-state index is -0.414. The van der Waals surface area contributed by atoms with Crippen molar-refractivity contribution in [3.63, 3.8) is 0 Å². The van der Waals surface area contributed by atoms with Crippen molar-refractivity contribution < 1.29 is 9.90 Å². The summed E-state index contributed by atoms with van der Waals surface area (Å²) in [6, 6.07) is 13.7. The van der Waals surface area contributed by atoms with Crippen LogP contribution < -0.4 is 5.32 Å². The maximum absolute atomic E-state index is 12.4. The molecule has 1 saturated carbocycles. The third-order valence-corrected chi connectivity index (χ3v) is 4.25. The Morgan fingerprint density at radius 3 is 2.50 bits per heavy atom. The van der Waals surface area contributed by atoms with Gasteiger partial charge in [-0.05, 0) is 35.7 Å². The molecule has 1 aliphatic rings. The predicted molar refractivity (Wildman–Crippen MR) is 79.7 cm³/mol. The fourth-order valence-electron chi connectivity index (χ4n) is 3.02. The topological polar surface area (TPSA) is 49.3 Å².